The van der Waals surface area contributed by atoms with Gasteiger partial charge in [-0.3, -0.25) is 9.96 Å². The molecule has 1 saturated heterocycles. The van der Waals surface area contributed by atoms with Crippen LogP contribution >= 0.6 is 22.9 Å². The van der Waals surface area contributed by atoms with Gasteiger partial charge in [0.2, 0.25) is 0 Å². The van der Waals surface area contributed by atoms with Crippen molar-refractivity contribution in [1.82, 2.24) is 14.9 Å². The molecule has 0 saturated carbocycles. The second kappa shape index (κ2) is 2.93. The summed E-state index contributed by atoms with van der Waals surface area (Å²) in [4.78, 5) is 3.98. The second-order valence-corrected chi connectivity index (χ2v) is 4.36. The van der Waals surface area contributed by atoms with Gasteiger partial charge < -0.3 is 5.21 Å². The van der Waals surface area contributed by atoms with Crippen molar-refractivity contribution in [3.8, 4) is 0 Å². The van der Waals surface area contributed by atoms with Gasteiger partial charge in [-0.15, -0.1) is 0 Å². The molecule has 66 valence electrons. The van der Waals surface area contributed by atoms with E-state index in [0.717, 1.165) is 6.54 Å². The summed E-state index contributed by atoms with van der Waals surface area (Å²) in [7, 11) is 0. The summed E-state index contributed by atoms with van der Waals surface area (Å²) in [5.41, 5.74) is 0. The monoisotopic (exact) mass is 205 g/mol. The lowest BCUT2D eigenvalue weighted by Gasteiger charge is -2.33. The van der Waals surface area contributed by atoms with Gasteiger partial charge in [0, 0.05) is 0 Å². The van der Waals surface area contributed by atoms with Gasteiger partial charge in [0.25, 0.3) is 5.13 Å². The lowest BCUT2D eigenvalue weighted by Crippen LogP contribution is -2.41. The van der Waals surface area contributed by atoms with Crippen molar-refractivity contribution in [2.75, 3.05) is 19.8 Å². The first-order chi connectivity index (χ1) is 5.71. The van der Waals surface area contributed by atoms with E-state index in [9.17, 15) is 5.21 Å². The number of halogens is 1. The van der Waals surface area contributed by atoms with E-state index in [2.05, 4.69) is 10.3 Å². The molecule has 6 heteroatoms. The molecule has 1 aromatic heterocycles. The number of quaternary nitrogens is 1. The Morgan fingerprint density at radius 3 is 3.08 bits per heavy atom. The minimum absolute atomic E-state index is 0.378. The minimum atomic E-state index is -0.378. The molecule has 1 fully saturated rings. The number of thiazole rings is 1. The van der Waals surface area contributed by atoms with Gasteiger partial charge in [-0.1, -0.05) is 11.6 Å². The first-order valence-electron chi connectivity index (χ1n) is 3.61. The van der Waals surface area contributed by atoms with Crippen molar-refractivity contribution in [2.24, 2.45) is 0 Å². The van der Waals surface area contributed by atoms with Gasteiger partial charge >= 0.3 is 0 Å². The molecular weight excluding hydrogens is 198 g/mol. The highest BCUT2D eigenvalue weighted by Gasteiger charge is 2.28. The number of hydroxylamine groups is 2. The molecule has 1 N–H and O–H groups in total. The van der Waals surface area contributed by atoms with E-state index >= 15 is 0 Å². The number of hydrogen-bond donors (Lipinski definition) is 1. The molecule has 0 spiro atoms. The summed E-state index contributed by atoms with van der Waals surface area (Å²) in [5, 5.41) is 15.4. The van der Waals surface area contributed by atoms with Crippen LogP contribution in [0.4, 0.5) is 5.13 Å². The van der Waals surface area contributed by atoms with Gasteiger partial charge in [0.15, 0.2) is 0 Å². The van der Waals surface area contributed by atoms with Crippen LogP contribution in [0.1, 0.15) is 0 Å². The van der Waals surface area contributed by atoms with Crippen molar-refractivity contribution in [3.63, 3.8) is 0 Å². The number of hydrogen-bond acceptors (Lipinski definition) is 4. The van der Waals surface area contributed by atoms with E-state index < -0.39 is 0 Å². The van der Waals surface area contributed by atoms with Crippen LogP contribution in [-0.4, -0.2) is 24.7 Å². The number of nitrogens with zero attached hydrogens (tertiary/aromatic N) is 2. The third kappa shape index (κ3) is 1.34. The Labute approximate surface area is 79.0 Å². The zero-order valence-corrected chi connectivity index (χ0v) is 7.86. The van der Waals surface area contributed by atoms with Gasteiger partial charge in [-0.05, 0) is 11.3 Å². The Morgan fingerprint density at radius 1 is 1.75 bits per heavy atom. The van der Waals surface area contributed by atoms with Crippen LogP contribution in [0.3, 0.4) is 0 Å². The molecule has 2 heterocycles. The zero-order chi connectivity index (χ0) is 8.60. The standard InChI is InChI=1S/C6H8ClN3OS/c7-5-3-9-6(12-5)10(11)2-1-8-4-10/h3,8H,1-2,4H2. The van der Waals surface area contributed by atoms with Crippen molar-refractivity contribution < 1.29 is 0 Å². The van der Waals surface area contributed by atoms with Crippen LogP contribution in [0, 0.1) is 5.21 Å². The maximum atomic E-state index is 11.9. The summed E-state index contributed by atoms with van der Waals surface area (Å²) in [5.74, 6) is 0. The molecule has 0 radical (unpaired) electrons. The molecule has 0 aliphatic carbocycles. The largest absolute Gasteiger partial charge is 0.625 e. The van der Waals surface area contributed by atoms with Crippen LogP contribution in [-0.2, 0) is 0 Å². The lowest BCUT2D eigenvalue weighted by atomic mass is 10.6. The summed E-state index contributed by atoms with van der Waals surface area (Å²) in [6.07, 6.45) is 1.53. The maximum Gasteiger partial charge on any atom is 0.288 e. The van der Waals surface area contributed by atoms with E-state index in [0.29, 0.717) is 22.7 Å². The quantitative estimate of drug-likeness (QED) is 0.553. The Kier molecular flexibility index (Phi) is 2.05. The Morgan fingerprint density at radius 2 is 2.58 bits per heavy atom. The number of nitrogens with one attached hydrogen (secondary N) is 1. The van der Waals surface area contributed by atoms with Crippen molar-refractivity contribution in [3.05, 3.63) is 15.7 Å². The fourth-order valence-corrected chi connectivity index (χ4v) is 2.16. The number of rotatable bonds is 1. The fraction of sp³-hybridized carbons (Fsp3) is 0.500. The van der Waals surface area contributed by atoms with E-state index in [1.165, 1.54) is 17.5 Å². The molecule has 0 bridgehead atoms. The van der Waals surface area contributed by atoms with Gasteiger partial charge in [-0.25, -0.2) is 0 Å². The summed E-state index contributed by atoms with van der Waals surface area (Å²) in [6.45, 7) is 1.70. The predicted octanol–water partition coefficient (Wildman–Crippen LogP) is 1.16. The van der Waals surface area contributed by atoms with Crippen LogP contribution in [0.2, 0.25) is 4.34 Å². The van der Waals surface area contributed by atoms with Crippen LogP contribution in [0.15, 0.2) is 6.20 Å². The molecule has 12 heavy (non-hydrogen) atoms. The van der Waals surface area contributed by atoms with Crippen molar-refractivity contribution >= 4 is 28.1 Å². The van der Waals surface area contributed by atoms with Crippen LogP contribution in [0.25, 0.3) is 0 Å². The van der Waals surface area contributed by atoms with Crippen LogP contribution < -0.4 is 9.96 Å². The average molecular weight is 206 g/mol. The second-order valence-electron chi connectivity index (χ2n) is 2.72. The van der Waals surface area contributed by atoms with E-state index in [1.807, 2.05) is 0 Å². The molecule has 1 aliphatic heterocycles. The lowest BCUT2D eigenvalue weighted by molar-refractivity contribution is 0.447. The molecule has 1 aliphatic rings. The van der Waals surface area contributed by atoms with Crippen molar-refractivity contribution in [2.45, 2.75) is 0 Å². The molecule has 1 atom stereocenters. The third-order valence-corrected chi connectivity index (χ3v) is 3.08. The van der Waals surface area contributed by atoms with Crippen LogP contribution in [0.5, 0.6) is 0 Å². The normalized spacial score (nSPS) is 29.5. The fourth-order valence-electron chi connectivity index (χ4n) is 1.20. The Bertz CT molecular complexity index is 284. The molecule has 2 rings (SSSR count). The molecule has 0 aromatic carbocycles. The highest BCUT2D eigenvalue weighted by atomic mass is 35.5. The Hall–Kier alpha value is -0.200. The van der Waals surface area contributed by atoms with E-state index in [1.54, 1.807) is 0 Å². The highest BCUT2D eigenvalue weighted by molar-refractivity contribution is 7.19. The summed E-state index contributed by atoms with van der Waals surface area (Å²) >= 11 is 6.95. The first-order valence-corrected chi connectivity index (χ1v) is 4.81. The van der Waals surface area contributed by atoms with E-state index in [-0.39, 0.29) is 4.65 Å². The predicted molar refractivity (Wildman–Crippen MR) is 50.0 cm³/mol. The van der Waals surface area contributed by atoms with Gasteiger partial charge in [-0.2, -0.15) is 4.98 Å². The van der Waals surface area contributed by atoms with Gasteiger partial charge in [0.1, 0.15) is 11.0 Å². The molecular formula is C6H8ClN3OS. The highest BCUT2D eigenvalue weighted by Crippen LogP contribution is 2.30. The van der Waals surface area contributed by atoms with E-state index in [4.69, 9.17) is 11.6 Å². The molecule has 4 nitrogen and oxygen atoms in total. The SMILES string of the molecule is [O-][N+]1(c2ncc(Cl)s2)CCNC1. The van der Waals surface area contributed by atoms with Gasteiger partial charge in [0.05, 0.1) is 19.3 Å². The summed E-state index contributed by atoms with van der Waals surface area (Å²) in [6, 6.07) is 0. The van der Waals surface area contributed by atoms with Crippen molar-refractivity contribution in [1.29, 1.82) is 0 Å². The Balaban J connectivity index is 2.28. The summed E-state index contributed by atoms with van der Waals surface area (Å²) < 4.78 is 0.197. The first kappa shape index (κ1) is 8.40. The smallest absolute Gasteiger partial charge is 0.288 e. The molecule has 1 unspecified atom stereocenters. The maximum absolute atomic E-state index is 11.9. The third-order valence-electron chi connectivity index (χ3n) is 1.83. The molecule has 0 amide bonds. The number of aromatic nitrogens is 1. The minimum Gasteiger partial charge on any atom is -0.625 e. The molecule has 1 aromatic rings. The average Bonchev–Trinajstić information content (AvgIpc) is 2.59. The topological polar surface area (TPSA) is 48.0 Å². The zero-order valence-electron chi connectivity index (χ0n) is 6.29.